The van der Waals surface area contributed by atoms with Gasteiger partial charge in [-0.1, -0.05) is 18.2 Å². The summed E-state index contributed by atoms with van der Waals surface area (Å²) in [5.41, 5.74) is 5.48. The van der Waals surface area contributed by atoms with Crippen molar-refractivity contribution < 1.29 is 18.6 Å². The number of ether oxygens (including phenoxy) is 3. The average Bonchev–Trinajstić information content (AvgIpc) is 2.87. The van der Waals surface area contributed by atoms with Crippen LogP contribution in [0.25, 0.3) is 38.8 Å². The number of rotatable bonds is 5. The van der Waals surface area contributed by atoms with E-state index in [1.165, 1.54) is 0 Å². The third-order valence-corrected chi connectivity index (χ3v) is 5.81. The Morgan fingerprint density at radius 2 is 1.25 bits per heavy atom. The molecular weight excluding hydrogens is 398 g/mol. The molecule has 5 aromatic rings. The summed E-state index contributed by atoms with van der Waals surface area (Å²) >= 11 is 0. The molecular formula is C28H24NO3+. The lowest BCUT2D eigenvalue weighted by atomic mass is 10.0. The summed E-state index contributed by atoms with van der Waals surface area (Å²) in [5.74, 6) is 2.38. The van der Waals surface area contributed by atoms with Crippen LogP contribution in [0.3, 0.4) is 0 Å². The lowest BCUT2D eigenvalue weighted by Gasteiger charge is -2.12. The fourth-order valence-corrected chi connectivity index (χ4v) is 4.24. The zero-order valence-electron chi connectivity index (χ0n) is 18.3. The van der Waals surface area contributed by atoms with Crippen LogP contribution in [-0.2, 0) is 0 Å². The third-order valence-electron chi connectivity index (χ3n) is 5.81. The van der Waals surface area contributed by atoms with Crippen molar-refractivity contribution in [2.24, 2.45) is 0 Å². The molecule has 0 atom stereocenters. The number of nitrogens with zero attached hydrogens (tertiary/aromatic N) is 1. The van der Waals surface area contributed by atoms with Crippen LogP contribution in [0.1, 0.15) is 0 Å². The topological polar surface area (TPSA) is 31.8 Å². The minimum absolute atomic E-state index is 0.763. The normalized spacial score (nSPS) is 11.0. The maximum atomic E-state index is 5.75. The van der Waals surface area contributed by atoms with Crippen LogP contribution in [0.2, 0.25) is 0 Å². The number of aromatic nitrogens is 1. The number of pyridine rings is 2. The molecule has 0 aliphatic heterocycles. The van der Waals surface area contributed by atoms with Crippen LogP contribution in [0.5, 0.6) is 17.2 Å². The van der Waals surface area contributed by atoms with Gasteiger partial charge in [-0.15, -0.1) is 0 Å². The first-order valence-electron chi connectivity index (χ1n) is 10.5. The summed E-state index contributed by atoms with van der Waals surface area (Å²) in [6.07, 6.45) is 0. The Hall–Kier alpha value is -4.05. The van der Waals surface area contributed by atoms with Gasteiger partial charge < -0.3 is 14.2 Å². The predicted octanol–water partition coefficient (Wildman–Crippen LogP) is 5.94. The van der Waals surface area contributed by atoms with Gasteiger partial charge in [-0.25, -0.2) is 0 Å². The number of methoxy groups -OCH3 is 3. The Bertz CT molecular complexity index is 1410. The minimum Gasteiger partial charge on any atom is -0.497 e. The van der Waals surface area contributed by atoms with E-state index in [1.54, 1.807) is 21.3 Å². The Morgan fingerprint density at radius 1 is 0.531 bits per heavy atom. The molecule has 0 N–H and O–H groups in total. The van der Waals surface area contributed by atoms with Gasteiger partial charge in [0.05, 0.1) is 26.7 Å². The van der Waals surface area contributed by atoms with Crippen LogP contribution in [-0.4, -0.2) is 21.3 Å². The summed E-state index contributed by atoms with van der Waals surface area (Å²) in [7, 11) is 5.06. The molecule has 0 aliphatic carbocycles. The summed E-state index contributed by atoms with van der Waals surface area (Å²) in [4.78, 5) is 0. The summed E-state index contributed by atoms with van der Waals surface area (Å²) in [6, 6.07) is 31.2. The highest BCUT2D eigenvalue weighted by Gasteiger charge is 2.23. The van der Waals surface area contributed by atoms with Gasteiger partial charge in [0.1, 0.15) is 17.2 Å². The smallest absolute Gasteiger partial charge is 0.219 e. The van der Waals surface area contributed by atoms with Gasteiger partial charge >= 0.3 is 0 Å². The van der Waals surface area contributed by atoms with Crippen LogP contribution in [0, 0.1) is 0 Å². The second-order valence-electron chi connectivity index (χ2n) is 7.55. The maximum absolute atomic E-state index is 5.75. The molecule has 4 nitrogen and oxygen atoms in total. The van der Waals surface area contributed by atoms with Crippen molar-refractivity contribution in [2.45, 2.75) is 0 Å². The zero-order chi connectivity index (χ0) is 22.1. The van der Waals surface area contributed by atoms with Gasteiger partial charge in [0.15, 0.2) is 0 Å². The molecule has 2 aromatic heterocycles. The van der Waals surface area contributed by atoms with E-state index in [1.807, 2.05) is 24.3 Å². The van der Waals surface area contributed by atoms with Crippen molar-refractivity contribution in [3.8, 4) is 39.8 Å². The third kappa shape index (κ3) is 3.30. The maximum Gasteiger partial charge on any atom is 0.219 e. The Kier molecular flexibility index (Phi) is 5.12. The van der Waals surface area contributed by atoms with E-state index in [0.29, 0.717) is 0 Å². The van der Waals surface area contributed by atoms with Gasteiger partial charge in [0.25, 0.3) is 0 Å². The molecule has 5 rings (SSSR count). The first-order chi connectivity index (χ1) is 15.7. The van der Waals surface area contributed by atoms with Crippen LogP contribution < -0.4 is 18.6 Å². The van der Waals surface area contributed by atoms with Crippen LogP contribution in [0.4, 0.5) is 0 Å². The largest absolute Gasteiger partial charge is 0.497 e. The van der Waals surface area contributed by atoms with E-state index < -0.39 is 0 Å². The van der Waals surface area contributed by atoms with E-state index in [-0.39, 0.29) is 0 Å². The van der Waals surface area contributed by atoms with E-state index in [2.05, 4.69) is 71.1 Å². The van der Waals surface area contributed by atoms with E-state index in [4.69, 9.17) is 14.2 Å². The quantitative estimate of drug-likeness (QED) is 0.260. The Morgan fingerprint density at radius 3 is 1.94 bits per heavy atom. The Labute approximate surface area is 187 Å². The van der Waals surface area contributed by atoms with Gasteiger partial charge in [0.2, 0.25) is 16.9 Å². The molecule has 158 valence electrons. The van der Waals surface area contributed by atoms with Crippen LogP contribution in [0.15, 0.2) is 91.0 Å². The monoisotopic (exact) mass is 422 g/mol. The molecule has 0 radical (unpaired) electrons. The first kappa shape index (κ1) is 19.9. The second-order valence-corrected chi connectivity index (χ2v) is 7.55. The fraction of sp³-hybridized carbons (Fsp3) is 0.107. The molecule has 3 aromatic carbocycles. The standard InChI is InChI=1S/C28H24NO3/c1-30-21-14-12-20(13-15-21)25-10-7-11-26-23-16-22(31-2)17-28(32-3)24(23)18-27(29(25)26)19-8-5-4-6-9-19/h4-18H,1-3H3/q+1. The fourth-order valence-electron chi connectivity index (χ4n) is 4.24. The predicted molar refractivity (Wildman–Crippen MR) is 128 cm³/mol. The Balaban J connectivity index is 1.93. The molecule has 0 bridgehead atoms. The molecule has 0 amide bonds. The number of fused-ring (bicyclic) bond motifs is 3. The first-order valence-corrected chi connectivity index (χ1v) is 10.5. The molecule has 4 heteroatoms. The minimum atomic E-state index is 0.763. The highest BCUT2D eigenvalue weighted by Crippen LogP contribution is 2.36. The van der Waals surface area contributed by atoms with Gasteiger partial charge in [-0.3, -0.25) is 0 Å². The van der Waals surface area contributed by atoms with Crippen molar-refractivity contribution in [1.29, 1.82) is 0 Å². The van der Waals surface area contributed by atoms with Gasteiger partial charge in [-0.2, -0.15) is 4.40 Å². The highest BCUT2D eigenvalue weighted by molar-refractivity contribution is 6.00. The molecule has 2 heterocycles. The molecule has 0 saturated carbocycles. The van der Waals surface area contributed by atoms with Crippen molar-refractivity contribution in [3.05, 3.63) is 91.0 Å². The number of hydrogen-bond donors (Lipinski definition) is 0. The van der Waals surface area contributed by atoms with Crippen molar-refractivity contribution >= 4 is 16.3 Å². The van der Waals surface area contributed by atoms with Crippen molar-refractivity contribution in [1.82, 2.24) is 0 Å². The summed E-state index contributed by atoms with van der Waals surface area (Å²) in [5, 5.41) is 2.11. The molecule has 32 heavy (non-hydrogen) atoms. The number of hydrogen-bond acceptors (Lipinski definition) is 3. The lowest BCUT2D eigenvalue weighted by molar-refractivity contribution is -0.485. The summed E-state index contributed by atoms with van der Waals surface area (Å²) < 4.78 is 19.0. The summed E-state index contributed by atoms with van der Waals surface area (Å²) in [6.45, 7) is 0. The molecule has 0 unspecified atom stereocenters. The van der Waals surface area contributed by atoms with E-state index in [0.717, 1.165) is 56.1 Å². The van der Waals surface area contributed by atoms with E-state index >= 15 is 0 Å². The van der Waals surface area contributed by atoms with Crippen molar-refractivity contribution in [2.75, 3.05) is 21.3 Å². The van der Waals surface area contributed by atoms with Gasteiger partial charge in [-0.05, 0) is 48.5 Å². The molecule has 0 aliphatic rings. The zero-order valence-corrected chi connectivity index (χ0v) is 18.3. The van der Waals surface area contributed by atoms with E-state index in [9.17, 15) is 0 Å². The highest BCUT2D eigenvalue weighted by atomic mass is 16.5. The van der Waals surface area contributed by atoms with Crippen LogP contribution >= 0.6 is 0 Å². The second kappa shape index (κ2) is 8.23. The van der Waals surface area contributed by atoms with Crippen molar-refractivity contribution in [3.63, 3.8) is 0 Å². The molecule has 0 fully saturated rings. The molecule has 0 saturated heterocycles. The lowest BCUT2D eigenvalue weighted by Crippen LogP contribution is -2.28. The molecule has 0 spiro atoms. The SMILES string of the molecule is COc1ccc(-c2cccc3c4cc(OC)cc(OC)c4cc(-c4ccccc4)[n+]23)cc1. The number of benzene rings is 3. The average molecular weight is 423 g/mol. The van der Waals surface area contributed by atoms with Gasteiger partial charge in [0, 0.05) is 40.8 Å².